The van der Waals surface area contributed by atoms with E-state index in [1.54, 1.807) is 17.8 Å². The fourth-order valence-corrected chi connectivity index (χ4v) is 4.20. The lowest BCUT2D eigenvalue weighted by Gasteiger charge is -2.28. The van der Waals surface area contributed by atoms with E-state index in [2.05, 4.69) is 15.3 Å². The number of aromatic nitrogens is 2. The van der Waals surface area contributed by atoms with Crippen molar-refractivity contribution in [2.45, 2.75) is 13.0 Å². The number of morpholine rings is 1. The summed E-state index contributed by atoms with van der Waals surface area (Å²) in [5.74, 6) is -1.45. The highest BCUT2D eigenvalue weighted by atomic mass is 35.5. The summed E-state index contributed by atoms with van der Waals surface area (Å²) in [6.45, 7) is 4.97. The lowest BCUT2D eigenvalue weighted by atomic mass is 10.0. The first kappa shape index (κ1) is 21.7. The normalized spacial score (nSPS) is 16.8. The van der Waals surface area contributed by atoms with Crippen LogP contribution in [0.15, 0.2) is 18.2 Å². The Kier molecular flexibility index (Phi) is 6.54. The molecule has 1 N–H and O–H groups in total. The average molecular weight is 450 g/mol. The Labute approximate surface area is 184 Å². The number of carbonyl (C=O) groups excluding carboxylic acids is 2. The Bertz CT molecular complexity index is 990. The summed E-state index contributed by atoms with van der Waals surface area (Å²) in [6.07, 6.45) is 0.536. The van der Waals surface area contributed by atoms with E-state index in [-0.39, 0.29) is 23.0 Å². The van der Waals surface area contributed by atoms with Gasteiger partial charge in [-0.2, -0.15) is 5.10 Å². The number of nitrogens with zero attached hydrogens (tertiary/aromatic N) is 4. The summed E-state index contributed by atoms with van der Waals surface area (Å²) in [7, 11) is 1.79. The van der Waals surface area contributed by atoms with Crippen LogP contribution in [0.5, 0.6) is 0 Å². The van der Waals surface area contributed by atoms with Crippen molar-refractivity contribution in [1.29, 1.82) is 0 Å². The Hall–Kier alpha value is -2.49. The van der Waals surface area contributed by atoms with Crippen molar-refractivity contribution in [2.24, 2.45) is 7.05 Å². The molecule has 0 bridgehead atoms. The molecule has 0 spiro atoms. The Morgan fingerprint density at radius 3 is 2.81 bits per heavy atom. The van der Waals surface area contributed by atoms with Crippen molar-refractivity contribution in [3.63, 3.8) is 0 Å². The van der Waals surface area contributed by atoms with Crippen molar-refractivity contribution in [3.8, 4) is 0 Å². The van der Waals surface area contributed by atoms with Crippen LogP contribution in [-0.2, 0) is 24.8 Å². The van der Waals surface area contributed by atoms with E-state index in [4.69, 9.17) is 16.3 Å². The molecule has 4 rings (SSSR count). The highest BCUT2D eigenvalue weighted by molar-refractivity contribution is 6.31. The van der Waals surface area contributed by atoms with Gasteiger partial charge in [-0.1, -0.05) is 17.7 Å². The van der Waals surface area contributed by atoms with Gasteiger partial charge in [0.2, 0.25) is 0 Å². The molecule has 10 heteroatoms. The highest BCUT2D eigenvalue weighted by Gasteiger charge is 2.30. The molecule has 166 valence electrons. The Balaban J connectivity index is 1.45. The van der Waals surface area contributed by atoms with Crippen LogP contribution in [0.4, 0.5) is 4.39 Å². The minimum absolute atomic E-state index is 0.0728. The Morgan fingerprint density at radius 2 is 2.03 bits per heavy atom. The van der Waals surface area contributed by atoms with Crippen molar-refractivity contribution < 1.29 is 18.7 Å². The van der Waals surface area contributed by atoms with Crippen LogP contribution in [-0.4, -0.2) is 77.3 Å². The predicted molar refractivity (Wildman–Crippen MR) is 113 cm³/mol. The molecule has 2 aromatic rings. The number of halogens is 2. The van der Waals surface area contributed by atoms with Gasteiger partial charge in [-0.05, 0) is 12.1 Å². The summed E-state index contributed by atoms with van der Waals surface area (Å²) in [5, 5.41) is 7.23. The second kappa shape index (κ2) is 9.33. The minimum atomic E-state index is -0.729. The van der Waals surface area contributed by atoms with Crippen LogP contribution in [0.25, 0.3) is 0 Å². The molecule has 1 aromatic heterocycles. The lowest BCUT2D eigenvalue weighted by Crippen LogP contribution is -2.41. The van der Waals surface area contributed by atoms with E-state index in [9.17, 15) is 14.0 Å². The van der Waals surface area contributed by atoms with Gasteiger partial charge in [0.1, 0.15) is 0 Å². The maximum Gasteiger partial charge on any atom is 0.272 e. The third-order valence-corrected chi connectivity index (χ3v) is 6.04. The molecule has 0 aliphatic carbocycles. The molecule has 1 aromatic carbocycles. The Morgan fingerprint density at radius 1 is 1.26 bits per heavy atom. The monoisotopic (exact) mass is 449 g/mol. The number of ether oxygens (including phenoxy) is 1. The average Bonchev–Trinajstić information content (AvgIpc) is 3.12. The van der Waals surface area contributed by atoms with Gasteiger partial charge in [0, 0.05) is 57.4 Å². The summed E-state index contributed by atoms with van der Waals surface area (Å²) >= 11 is 5.83. The van der Waals surface area contributed by atoms with Gasteiger partial charge >= 0.3 is 0 Å². The van der Waals surface area contributed by atoms with Crippen molar-refractivity contribution in [1.82, 2.24) is 24.9 Å². The molecule has 31 heavy (non-hydrogen) atoms. The van der Waals surface area contributed by atoms with E-state index in [0.29, 0.717) is 44.0 Å². The zero-order valence-electron chi connectivity index (χ0n) is 17.4. The summed E-state index contributed by atoms with van der Waals surface area (Å²) in [6, 6.07) is 4.37. The number of nitrogens with one attached hydrogen (secondary N) is 1. The van der Waals surface area contributed by atoms with E-state index in [1.807, 2.05) is 0 Å². The fraction of sp³-hybridized carbons (Fsp3) is 0.476. The number of amides is 2. The number of hydrogen-bond acceptors (Lipinski definition) is 5. The lowest BCUT2D eigenvalue weighted by molar-refractivity contribution is 0.0383. The summed E-state index contributed by atoms with van der Waals surface area (Å²) < 4.78 is 21.4. The molecule has 0 saturated carbocycles. The highest BCUT2D eigenvalue weighted by Crippen LogP contribution is 2.25. The van der Waals surface area contributed by atoms with Gasteiger partial charge in [0.05, 0.1) is 30.3 Å². The summed E-state index contributed by atoms with van der Waals surface area (Å²) in [5.41, 5.74) is 1.85. The molecule has 0 unspecified atom stereocenters. The smallest absolute Gasteiger partial charge is 0.272 e. The predicted octanol–water partition coefficient (Wildman–Crippen LogP) is 1.47. The van der Waals surface area contributed by atoms with Crippen molar-refractivity contribution in [2.75, 3.05) is 45.9 Å². The van der Waals surface area contributed by atoms with Crippen LogP contribution in [0, 0.1) is 5.82 Å². The van der Waals surface area contributed by atoms with Crippen LogP contribution >= 0.6 is 11.6 Å². The zero-order chi connectivity index (χ0) is 22.0. The minimum Gasteiger partial charge on any atom is -0.379 e. The van der Waals surface area contributed by atoms with Crippen molar-refractivity contribution >= 4 is 23.4 Å². The molecular weight excluding hydrogens is 425 g/mol. The first-order valence-corrected chi connectivity index (χ1v) is 10.7. The molecule has 2 aliphatic heterocycles. The molecule has 2 aliphatic rings. The molecule has 0 radical (unpaired) electrons. The SMILES string of the molecule is Cn1nc(C(=O)NCCN2CCOCC2)c2c1CCN(C(=O)c1cccc(Cl)c1F)C2. The third kappa shape index (κ3) is 4.58. The second-order valence-electron chi connectivity index (χ2n) is 7.69. The van der Waals surface area contributed by atoms with Crippen LogP contribution < -0.4 is 5.32 Å². The molecular formula is C21H25ClFN5O3. The third-order valence-electron chi connectivity index (χ3n) is 5.74. The maximum atomic E-state index is 14.3. The van der Waals surface area contributed by atoms with E-state index >= 15 is 0 Å². The van der Waals surface area contributed by atoms with Gasteiger partial charge in [0.25, 0.3) is 11.8 Å². The van der Waals surface area contributed by atoms with E-state index < -0.39 is 11.7 Å². The van der Waals surface area contributed by atoms with Gasteiger partial charge < -0.3 is 15.0 Å². The standard InChI is InChI=1S/C21H25ClFN5O3/c1-26-17-5-7-28(21(30)14-3-2-4-16(22)18(14)23)13-15(17)19(25-26)20(29)24-6-8-27-9-11-31-12-10-27/h2-4H,5-13H2,1H3,(H,24,29). The maximum absolute atomic E-state index is 14.3. The van der Waals surface area contributed by atoms with Gasteiger partial charge in [0.15, 0.2) is 11.5 Å². The molecule has 8 nitrogen and oxygen atoms in total. The number of rotatable bonds is 5. The zero-order valence-corrected chi connectivity index (χ0v) is 18.1. The van der Waals surface area contributed by atoms with Crippen LogP contribution in [0.2, 0.25) is 5.02 Å². The first-order valence-electron chi connectivity index (χ1n) is 10.3. The topological polar surface area (TPSA) is 79.7 Å². The summed E-state index contributed by atoms with van der Waals surface area (Å²) in [4.78, 5) is 29.5. The van der Waals surface area contributed by atoms with Gasteiger partial charge in [-0.25, -0.2) is 4.39 Å². The number of benzene rings is 1. The second-order valence-corrected chi connectivity index (χ2v) is 8.09. The fourth-order valence-electron chi connectivity index (χ4n) is 4.02. The van der Waals surface area contributed by atoms with Crippen molar-refractivity contribution in [3.05, 3.63) is 51.6 Å². The van der Waals surface area contributed by atoms with E-state index in [0.717, 1.165) is 25.3 Å². The van der Waals surface area contributed by atoms with Crippen LogP contribution in [0.3, 0.4) is 0 Å². The largest absolute Gasteiger partial charge is 0.379 e. The molecule has 3 heterocycles. The molecule has 1 fully saturated rings. The molecule has 0 atom stereocenters. The van der Waals surface area contributed by atoms with Crippen LogP contribution in [0.1, 0.15) is 32.1 Å². The molecule has 1 saturated heterocycles. The van der Waals surface area contributed by atoms with Gasteiger partial charge in [-0.15, -0.1) is 0 Å². The number of hydrogen-bond donors (Lipinski definition) is 1. The number of carbonyl (C=O) groups is 2. The number of fused-ring (bicyclic) bond motifs is 1. The van der Waals surface area contributed by atoms with Gasteiger partial charge in [-0.3, -0.25) is 19.2 Å². The number of aryl methyl sites for hydroxylation is 1. The molecule has 2 amide bonds. The van der Waals surface area contributed by atoms with E-state index in [1.165, 1.54) is 17.0 Å². The first-order chi connectivity index (χ1) is 15.0. The quantitative estimate of drug-likeness (QED) is 0.747.